The number of rotatable bonds is 6. The highest BCUT2D eigenvalue weighted by atomic mass is 32.2. The average Bonchev–Trinajstić information content (AvgIpc) is 2.71. The van der Waals surface area contributed by atoms with E-state index in [2.05, 4.69) is 5.32 Å². The van der Waals surface area contributed by atoms with Crippen LogP contribution in [-0.4, -0.2) is 59.9 Å². The standard InChI is InChI=1S/C10H19N3O5S2/c1-2-3-8-13(7(6-19-8)9(14)15)10(16)12-4-5-20(11,17)18/h7-8H,2-6H2,1H3,(H,12,16)(H,14,15)(H2,11,17,18). The average molecular weight is 325 g/mol. The Morgan fingerprint density at radius 2 is 2.15 bits per heavy atom. The molecule has 0 aromatic heterocycles. The van der Waals surface area contributed by atoms with Gasteiger partial charge in [-0.1, -0.05) is 13.3 Å². The topological polar surface area (TPSA) is 130 Å². The van der Waals surface area contributed by atoms with E-state index in [0.29, 0.717) is 12.2 Å². The van der Waals surface area contributed by atoms with E-state index >= 15 is 0 Å². The summed E-state index contributed by atoms with van der Waals surface area (Å²) in [6.07, 6.45) is 1.52. The van der Waals surface area contributed by atoms with Crippen LogP contribution < -0.4 is 10.5 Å². The van der Waals surface area contributed by atoms with Crippen molar-refractivity contribution in [3.63, 3.8) is 0 Å². The van der Waals surface area contributed by atoms with Crippen LogP contribution in [0.3, 0.4) is 0 Å². The molecule has 0 aromatic carbocycles. The van der Waals surface area contributed by atoms with Crippen LogP contribution in [0.15, 0.2) is 0 Å². The second-order valence-electron chi connectivity index (χ2n) is 4.44. The fourth-order valence-electron chi connectivity index (χ4n) is 1.89. The molecule has 2 atom stereocenters. The van der Waals surface area contributed by atoms with Gasteiger partial charge < -0.3 is 10.4 Å². The number of amides is 2. The first-order valence-corrected chi connectivity index (χ1v) is 8.93. The van der Waals surface area contributed by atoms with Crippen molar-refractivity contribution in [2.45, 2.75) is 31.2 Å². The lowest BCUT2D eigenvalue weighted by Crippen LogP contribution is -2.51. The Kier molecular flexibility index (Phi) is 6.08. The molecule has 10 heteroatoms. The lowest BCUT2D eigenvalue weighted by atomic mass is 10.2. The van der Waals surface area contributed by atoms with Crippen LogP contribution in [0.5, 0.6) is 0 Å². The first-order chi connectivity index (χ1) is 9.26. The fourth-order valence-corrected chi connectivity index (χ4v) is 3.79. The number of hydrogen-bond acceptors (Lipinski definition) is 5. The number of carbonyl (C=O) groups excluding carboxylic acids is 1. The van der Waals surface area contributed by atoms with Crippen molar-refractivity contribution >= 4 is 33.8 Å². The minimum Gasteiger partial charge on any atom is -0.480 e. The van der Waals surface area contributed by atoms with E-state index in [1.54, 1.807) is 0 Å². The molecule has 4 N–H and O–H groups in total. The van der Waals surface area contributed by atoms with E-state index < -0.39 is 28.1 Å². The maximum atomic E-state index is 12.0. The number of nitrogens with two attached hydrogens (primary N) is 1. The molecule has 1 heterocycles. The summed E-state index contributed by atoms with van der Waals surface area (Å²) in [4.78, 5) is 24.5. The van der Waals surface area contributed by atoms with Crippen LogP contribution in [0, 0.1) is 0 Å². The van der Waals surface area contributed by atoms with E-state index in [1.807, 2.05) is 6.92 Å². The molecular weight excluding hydrogens is 306 g/mol. The van der Waals surface area contributed by atoms with Gasteiger partial charge in [-0.3, -0.25) is 4.90 Å². The van der Waals surface area contributed by atoms with E-state index in [4.69, 9.17) is 10.2 Å². The normalized spacial score (nSPS) is 22.8. The van der Waals surface area contributed by atoms with Crippen LogP contribution in [-0.2, 0) is 14.8 Å². The fraction of sp³-hybridized carbons (Fsp3) is 0.800. The first kappa shape index (κ1) is 17.1. The lowest BCUT2D eigenvalue weighted by Gasteiger charge is -2.27. The Hall–Kier alpha value is -1.00. The molecular formula is C10H19N3O5S2. The first-order valence-electron chi connectivity index (χ1n) is 6.17. The van der Waals surface area contributed by atoms with Crippen molar-refractivity contribution in [1.82, 2.24) is 10.2 Å². The summed E-state index contributed by atoms with van der Waals surface area (Å²) in [6.45, 7) is 1.82. The minimum atomic E-state index is -3.65. The maximum Gasteiger partial charge on any atom is 0.327 e. The van der Waals surface area contributed by atoms with Crippen LogP contribution in [0.25, 0.3) is 0 Å². The number of hydrogen-bond donors (Lipinski definition) is 3. The molecule has 1 aliphatic rings. The highest BCUT2D eigenvalue weighted by Gasteiger charge is 2.41. The Morgan fingerprint density at radius 3 is 2.65 bits per heavy atom. The summed E-state index contributed by atoms with van der Waals surface area (Å²) >= 11 is 1.42. The van der Waals surface area contributed by atoms with Crippen molar-refractivity contribution in [2.24, 2.45) is 5.14 Å². The maximum absolute atomic E-state index is 12.0. The number of aliphatic carboxylic acids is 1. The molecule has 1 aliphatic heterocycles. The third-order valence-electron chi connectivity index (χ3n) is 2.81. The highest BCUT2D eigenvalue weighted by Crippen LogP contribution is 2.32. The number of nitrogens with zero attached hydrogens (tertiary/aromatic N) is 1. The third-order valence-corrected chi connectivity index (χ3v) is 4.94. The van der Waals surface area contributed by atoms with Crippen molar-refractivity contribution in [2.75, 3.05) is 18.1 Å². The molecule has 0 aromatic rings. The molecule has 1 fully saturated rings. The monoisotopic (exact) mass is 325 g/mol. The van der Waals surface area contributed by atoms with Crippen molar-refractivity contribution in [3.8, 4) is 0 Å². The quantitative estimate of drug-likeness (QED) is 0.610. The van der Waals surface area contributed by atoms with Crippen LogP contribution >= 0.6 is 11.8 Å². The van der Waals surface area contributed by atoms with Crippen molar-refractivity contribution in [1.29, 1.82) is 0 Å². The molecule has 20 heavy (non-hydrogen) atoms. The van der Waals surface area contributed by atoms with E-state index in [-0.39, 0.29) is 17.7 Å². The number of carbonyl (C=O) groups is 2. The molecule has 0 radical (unpaired) electrons. The summed E-state index contributed by atoms with van der Waals surface area (Å²) in [5.74, 6) is -1.10. The van der Waals surface area contributed by atoms with Gasteiger partial charge in [0.05, 0.1) is 11.1 Å². The van der Waals surface area contributed by atoms with Crippen molar-refractivity contribution < 1.29 is 23.1 Å². The predicted molar refractivity (Wildman–Crippen MR) is 75.8 cm³/mol. The molecule has 1 rings (SSSR count). The van der Waals surface area contributed by atoms with Gasteiger partial charge in [-0.2, -0.15) is 0 Å². The lowest BCUT2D eigenvalue weighted by molar-refractivity contribution is -0.141. The molecule has 0 bridgehead atoms. The Morgan fingerprint density at radius 1 is 1.50 bits per heavy atom. The number of sulfonamides is 1. The summed E-state index contributed by atoms with van der Waals surface area (Å²) in [5, 5.41) is 16.2. The molecule has 0 aliphatic carbocycles. The zero-order valence-electron chi connectivity index (χ0n) is 11.1. The van der Waals surface area contributed by atoms with Gasteiger partial charge in [0.15, 0.2) is 0 Å². The Labute approximate surface area is 122 Å². The van der Waals surface area contributed by atoms with Gasteiger partial charge in [0.1, 0.15) is 6.04 Å². The minimum absolute atomic E-state index is 0.135. The van der Waals surface area contributed by atoms with Gasteiger partial charge in [-0.25, -0.2) is 23.1 Å². The van der Waals surface area contributed by atoms with Gasteiger partial charge >= 0.3 is 12.0 Å². The van der Waals surface area contributed by atoms with Crippen LogP contribution in [0.1, 0.15) is 19.8 Å². The number of nitrogens with one attached hydrogen (secondary N) is 1. The Balaban J connectivity index is 2.66. The van der Waals surface area contributed by atoms with Crippen LogP contribution in [0.2, 0.25) is 0 Å². The zero-order chi connectivity index (χ0) is 15.3. The molecule has 0 spiro atoms. The van der Waals surface area contributed by atoms with Gasteiger partial charge in [0.2, 0.25) is 10.0 Å². The molecule has 116 valence electrons. The SMILES string of the molecule is CCCC1SCC(C(=O)O)N1C(=O)NCCS(N)(=O)=O. The molecule has 8 nitrogen and oxygen atoms in total. The summed E-state index contributed by atoms with van der Waals surface area (Å²) < 4.78 is 21.6. The van der Waals surface area contributed by atoms with Gasteiger partial charge in [-0.05, 0) is 6.42 Å². The molecule has 2 unspecified atom stereocenters. The largest absolute Gasteiger partial charge is 0.480 e. The summed E-state index contributed by atoms with van der Waals surface area (Å²) in [7, 11) is -3.65. The second kappa shape index (κ2) is 7.14. The van der Waals surface area contributed by atoms with E-state index in [0.717, 1.165) is 6.42 Å². The number of carboxylic acid groups (broad SMARTS) is 1. The van der Waals surface area contributed by atoms with Gasteiger partial charge in [0, 0.05) is 12.3 Å². The van der Waals surface area contributed by atoms with Gasteiger partial charge in [-0.15, -0.1) is 11.8 Å². The molecule has 2 amide bonds. The highest BCUT2D eigenvalue weighted by molar-refractivity contribution is 8.00. The van der Waals surface area contributed by atoms with Crippen LogP contribution in [0.4, 0.5) is 4.79 Å². The summed E-state index contributed by atoms with van der Waals surface area (Å²) in [6, 6.07) is -1.45. The number of urea groups is 1. The number of primary sulfonamides is 1. The predicted octanol–water partition coefficient (Wildman–Crippen LogP) is -0.387. The molecule has 0 saturated carbocycles. The third kappa shape index (κ3) is 4.84. The number of thioether (sulfide) groups is 1. The zero-order valence-corrected chi connectivity index (χ0v) is 12.7. The van der Waals surface area contributed by atoms with E-state index in [1.165, 1.54) is 16.7 Å². The number of carboxylic acids is 1. The van der Waals surface area contributed by atoms with Crippen molar-refractivity contribution in [3.05, 3.63) is 0 Å². The van der Waals surface area contributed by atoms with Gasteiger partial charge in [0.25, 0.3) is 0 Å². The second-order valence-corrected chi connectivity index (χ2v) is 7.38. The van der Waals surface area contributed by atoms with E-state index in [9.17, 15) is 18.0 Å². The summed E-state index contributed by atoms with van der Waals surface area (Å²) in [5.41, 5.74) is 0. The smallest absolute Gasteiger partial charge is 0.327 e. The molecule has 1 saturated heterocycles. The Bertz CT molecular complexity index is 468.